The van der Waals surface area contributed by atoms with E-state index in [0.29, 0.717) is 6.54 Å². The van der Waals surface area contributed by atoms with E-state index in [2.05, 4.69) is 20.6 Å². The van der Waals surface area contributed by atoms with Crippen LogP contribution in [0.1, 0.15) is 19.7 Å². The molecule has 1 unspecified atom stereocenters. The smallest absolute Gasteiger partial charge is 0.370 e. The summed E-state index contributed by atoms with van der Waals surface area (Å²) in [5.41, 5.74) is 0. The first kappa shape index (κ1) is 15.9. The van der Waals surface area contributed by atoms with Gasteiger partial charge in [0.15, 0.2) is 0 Å². The lowest BCUT2D eigenvalue weighted by Gasteiger charge is -2.16. The second kappa shape index (κ2) is 6.83. The van der Waals surface area contributed by atoms with Gasteiger partial charge in [0.25, 0.3) is 0 Å². The summed E-state index contributed by atoms with van der Waals surface area (Å²) >= 11 is 1.61. The summed E-state index contributed by atoms with van der Waals surface area (Å²) in [7, 11) is 0. The third-order valence-corrected chi connectivity index (χ3v) is 2.98. The molecule has 2 N–H and O–H groups in total. The molecule has 0 spiro atoms. The molecule has 0 aliphatic rings. The van der Waals surface area contributed by atoms with Crippen molar-refractivity contribution < 1.29 is 13.2 Å². The van der Waals surface area contributed by atoms with Crippen molar-refractivity contribution in [2.45, 2.75) is 26.1 Å². The summed E-state index contributed by atoms with van der Waals surface area (Å²) in [6, 6.07) is 1.51. The van der Waals surface area contributed by atoms with E-state index < -0.39 is 12.0 Å². The van der Waals surface area contributed by atoms with Crippen LogP contribution in [-0.4, -0.2) is 34.6 Å². The minimum absolute atomic E-state index is 0.0282. The molecule has 0 aromatic carbocycles. The molecule has 108 valence electrons. The predicted octanol–water partition coefficient (Wildman–Crippen LogP) is 3.09. The topological polar surface area (TPSA) is 49.8 Å². The van der Waals surface area contributed by atoms with Gasteiger partial charge in [-0.3, -0.25) is 0 Å². The second-order valence-corrected chi connectivity index (χ2v) is 4.90. The number of aromatic nitrogens is 2. The molecule has 1 aromatic rings. The Bertz CT molecular complexity index is 411. The largest absolute Gasteiger partial charge is 0.451 e. The lowest BCUT2D eigenvalue weighted by Crippen LogP contribution is -2.21. The van der Waals surface area contributed by atoms with E-state index in [1.54, 1.807) is 18.7 Å². The summed E-state index contributed by atoms with van der Waals surface area (Å²) in [5.74, 6) is -0.00432. The highest BCUT2D eigenvalue weighted by molar-refractivity contribution is 7.98. The Balaban J connectivity index is 2.99. The normalized spacial score (nSPS) is 13.2. The number of hydrogen-bond donors (Lipinski definition) is 2. The molecule has 1 atom stereocenters. The molecule has 0 aliphatic carbocycles. The molecular formula is C11H17F3N4S. The first-order valence-electron chi connectivity index (χ1n) is 5.82. The van der Waals surface area contributed by atoms with E-state index in [1.807, 2.05) is 13.2 Å². The average Bonchev–Trinajstić information content (AvgIpc) is 2.28. The van der Waals surface area contributed by atoms with Gasteiger partial charge >= 0.3 is 6.18 Å². The maximum atomic E-state index is 12.7. The number of alkyl halides is 3. The van der Waals surface area contributed by atoms with Crippen LogP contribution in [0.5, 0.6) is 0 Å². The summed E-state index contributed by atoms with van der Waals surface area (Å²) < 4.78 is 38.1. The van der Waals surface area contributed by atoms with Crippen LogP contribution in [0.2, 0.25) is 0 Å². The molecule has 0 aliphatic heterocycles. The molecule has 4 nitrogen and oxygen atoms in total. The zero-order valence-electron chi connectivity index (χ0n) is 11.0. The second-order valence-electron chi connectivity index (χ2n) is 3.99. The van der Waals surface area contributed by atoms with Crippen molar-refractivity contribution in [2.75, 3.05) is 29.2 Å². The van der Waals surface area contributed by atoms with Gasteiger partial charge in [-0.15, -0.1) is 0 Å². The highest BCUT2D eigenvalue weighted by Gasteiger charge is 2.35. The fourth-order valence-electron chi connectivity index (χ4n) is 1.46. The Morgan fingerprint density at radius 3 is 2.47 bits per heavy atom. The highest BCUT2D eigenvalue weighted by atomic mass is 32.2. The number of halogens is 3. The molecule has 1 rings (SSSR count). The third kappa shape index (κ3) is 5.14. The molecule has 0 bridgehead atoms. The molecule has 0 radical (unpaired) electrons. The van der Waals surface area contributed by atoms with Gasteiger partial charge in [-0.2, -0.15) is 24.9 Å². The fraction of sp³-hybridized carbons (Fsp3) is 0.636. The van der Waals surface area contributed by atoms with Crippen LogP contribution in [-0.2, 0) is 6.18 Å². The zero-order chi connectivity index (χ0) is 14.5. The first-order chi connectivity index (χ1) is 8.86. The lowest BCUT2D eigenvalue weighted by atomic mass is 10.3. The van der Waals surface area contributed by atoms with Gasteiger partial charge in [0, 0.05) is 24.4 Å². The summed E-state index contributed by atoms with van der Waals surface area (Å²) in [5, 5.41) is 5.71. The molecule has 19 heavy (non-hydrogen) atoms. The van der Waals surface area contributed by atoms with Crippen molar-refractivity contribution >= 4 is 23.4 Å². The van der Waals surface area contributed by atoms with E-state index in [0.717, 1.165) is 5.75 Å². The Kier molecular flexibility index (Phi) is 5.71. The minimum Gasteiger partial charge on any atom is -0.370 e. The van der Waals surface area contributed by atoms with Crippen molar-refractivity contribution in [3.63, 3.8) is 0 Å². The van der Waals surface area contributed by atoms with E-state index in [-0.39, 0.29) is 17.7 Å². The van der Waals surface area contributed by atoms with Gasteiger partial charge < -0.3 is 10.6 Å². The number of rotatable bonds is 6. The Labute approximate surface area is 114 Å². The highest BCUT2D eigenvalue weighted by Crippen LogP contribution is 2.28. The molecular weight excluding hydrogens is 277 g/mol. The van der Waals surface area contributed by atoms with Crippen molar-refractivity contribution in [1.82, 2.24) is 9.97 Å². The van der Waals surface area contributed by atoms with Crippen LogP contribution in [0.15, 0.2) is 6.07 Å². The quantitative estimate of drug-likeness (QED) is 0.844. The molecule has 1 heterocycles. The SMILES string of the molecule is CCNc1cc(NC(C)CSC)nc(C(F)(F)F)n1. The number of anilines is 2. The van der Waals surface area contributed by atoms with Crippen LogP contribution in [0, 0.1) is 0 Å². The van der Waals surface area contributed by atoms with Gasteiger partial charge in [-0.1, -0.05) is 0 Å². The maximum absolute atomic E-state index is 12.7. The van der Waals surface area contributed by atoms with E-state index >= 15 is 0 Å². The average molecular weight is 294 g/mol. The van der Waals surface area contributed by atoms with E-state index in [1.165, 1.54) is 6.07 Å². The maximum Gasteiger partial charge on any atom is 0.451 e. The van der Waals surface area contributed by atoms with Gasteiger partial charge in [-0.05, 0) is 20.1 Å². The van der Waals surface area contributed by atoms with E-state index in [4.69, 9.17) is 0 Å². The van der Waals surface area contributed by atoms with E-state index in [9.17, 15) is 13.2 Å². The third-order valence-electron chi connectivity index (χ3n) is 2.15. The molecule has 0 fully saturated rings. The number of thioether (sulfide) groups is 1. The fourth-order valence-corrected chi connectivity index (χ4v) is 2.05. The summed E-state index contributed by atoms with van der Waals surface area (Å²) in [4.78, 5) is 6.97. The van der Waals surface area contributed by atoms with Crippen LogP contribution < -0.4 is 10.6 Å². The first-order valence-corrected chi connectivity index (χ1v) is 7.21. The van der Waals surface area contributed by atoms with Crippen molar-refractivity contribution in [1.29, 1.82) is 0 Å². The van der Waals surface area contributed by atoms with Crippen LogP contribution in [0.4, 0.5) is 24.8 Å². The van der Waals surface area contributed by atoms with Gasteiger partial charge in [-0.25, -0.2) is 9.97 Å². The van der Waals surface area contributed by atoms with Crippen molar-refractivity contribution in [3.8, 4) is 0 Å². The number of nitrogens with zero attached hydrogens (tertiary/aromatic N) is 2. The molecule has 1 aromatic heterocycles. The standard InChI is InChI=1S/C11H17F3N4S/c1-4-15-8-5-9(16-7(2)6-19-3)18-10(17-8)11(12,13)14/h5,7H,4,6H2,1-3H3,(H2,15,16,17,18). The van der Waals surface area contributed by atoms with Crippen LogP contribution in [0.3, 0.4) is 0 Å². The molecule has 0 amide bonds. The lowest BCUT2D eigenvalue weighted by molar-refractivity contribution is -0.144. The molecule has 0 saturated carbocycles. The monoisotopic (exact) mass is 294 g/mol. The summed E-state index contributed by atoms with van der Waals surface area (Å²) in [6.07, 6.45) is -2.62. The predicted molar refractivity (Wildman–Crippen MR) is 72.7 cm³/mol. The Morgan fingerprint density at radius 2 is 1.95 bits per heavy atom. The Morgan fingerprint density at radius 1 is 1.32 bits per heavy atom. The van der Waals surface area contributed by atoms with Gasteiger partial charge in [0.05, 0.1) is 0 Å². The van der Waals surface area contributed by atoms with Gasteiger partial charge in [0.2, 0.25) is 5.82 Å². The molecule has 0 saturated heterocycles. The number of nitrogens with one attached hydrogen (secondary N) is 2. The molecule has 8 heteroatoms. The minimum atomic E-state index is -4.55. The zero-order valence-corrected chi connectivity index (χ0v) is 11.8. The summed E-state index contributed by atoms with van der Waals surface area (Å²) in [6.45, 7) is 4.17. The van der Waals surface area contributed by atoms with Crippen LogP contribution in [0.25, 0.3) is 0 Å². The van der Waals surface area contributed by atoms with Crippen molar-refractivity contribution in [3.05, 3.63) is 11.9 Å². The van der Waals surface area contributed by atoms with Gasteiger partial charge in [0.1, 0.15) is 11.6 Å². The van der Waals surface area contributed by atoms with Crippen LogP contribution >= 0.6 is 11.8 Å². The van der Waals surface area contributed by atoms with Crippen molar-refractivity contribution in [2.24, 2.45) is 0 Å². The number of hydrogen-bond acceptors (Lipinski definition) is 5. The Hall–Kier alpha value is -1.18.